The first-order valence-electron chi connectivity index (χ1n) is 26.7. The molecule has 0 aromatic heterocycles. The Morgan fingerprint density at radius 2 is 0.946 bits per heavy atom. The molecule has 1 aliphatic carbocycles. The molecule has 0 saturated heterocycles. The Bertz CT molecular complexity index is 3620. The van der Waals surface area contributed by atoms with E-state index in [1.54, 1.807) is 0 Å². The minimum Gasteiger partial charge on any atom is -0.311 e. The molecule has 0 unspecified atom stereocenters. The van der Waals surface area contributed by atoms with Crippen LogP contribution in [0.1, 0.15) is 110 Å². The summed E-state index contributed by atoms with van der Waals surface area (Å²) < 4.78 is 0. The number of aryl methyl sites for hydroxylation is 1. The summed E-state index contributed by atoms with van der Waals surface area (Å²) in [5.74, 6) is 0. The van der Waals surface area contributed by atoms with Gasteiger partial charge < -0.3 is 14.7 Å². The van der Waals surface area contributed by atoms with Crippen LogP contribution in [0.3, 0.4) is 0 Å². The maximum atomic E-state index is 2.63. The van der Waals surface area contributed by atoms with E-state index in [1.807, 2.05) is 0 Å². The average molecular weight is 962 g/mol. The van der Waals surface area contributed by atoms with Gasteiger partial charge in [0.1, 0.15) is 0 Å². The lowest BCUT2D eigenvalue weighted by molar-refractivity contribution is 0.590. The van der Waals surface area contributed by atoms with Gasteiger partial charge in [0.25, 0.3) is 6.71 Å². The number of para-hydroxylation sites is 2. The van der Waals surface area contributed by atoms with E-state index in [9.17, 15) is 0 Å². The summed E-state index contributed by atoms with van der Waals surface area (Å²) in [6.45, 7) is 28.0. The molecule has 12 rings (SSSR count). The van der Waals surface area contributed by atoms with E-state index in [0.717, 1.165) is 22.7 Å². The molecule has 3 aliphatic rings. The van der Waals surface area contributed by atoms with Gasteiger partial charge in [-0.15, -0.1) is 0 Å². The molecule has 0 bridgehead atoms. The standard InChI is InChI=1S/C70H68BN3/c1-45-39-64-66-65(40-45)74(61-37-31-48(68(5,6)7)41-56(61)46-27-29-47(30-28-46)67(2,3)4)63-44-53(72(50-21-15-13-16-22-50)51-23-17-14-18-24-51)34-36-59(63)71(66)60-42-49(69(8,9)10)32-38-62(60)73(64)52-33-35-55-54-25-19-20-26-57(54)70(11,12)58(55)43-52/h13-44H,1-12H3. The fourth-order valence-corrected chi connectivity index (χ4v) is 12.3. The summed E-state index contributed by atoms with van der Waals surface area (Å²) in [5.41, 5.74) is 27.3. The van der Waals surface area contributed by atoms with Crippen LogP contribution in [-0.2, 0) is 21.7 Å². The van der Waals surface area contributed by atoms with Crippen molar-refractivity contribution in [3.8, 4) is 22.3 Å². The van der Waals surface area contributed by atoms with Crippen LogP contribution in [0.5, 0.6) is 0 Å². The van der Waals surface area contributed by atoms with Gasteiger partial charge in [0.05, 0.1) is 5.69 Å². The predicted octanol–water partition coefficient (Wildman–Crippen LogP) is 17.4. The van der Waals surface area contributed by atoms with Gasteiger partial charge in [0.15, 0.2) is 0 Å². The SMILES string of the molecule is Cc1cc2c3c(c1)N(c1ccc(C(C)(C)C)cc1-c1ccc(C(C)(C)C)cc1)c1cc(N(c4ccccc4)c4ccccc4)ccc1B3c1cc(C(C)(C)C)ccc1N2c1ccc2c(c1)C(C)(C)c1ccccc1-2. The third-order valence-corrected chi connectivity index (χ3v) is 16.3. The number of fused-ring (bicyclic) bond motifs is 7. The van der Waals surface area contributed by atoms with E-state index < -0.39 is 0 Å². The highest BCUT2D eigenvalue weighted by molar-refractivity contribution is 7.00. The molecule has 366 valence electrons. The van der Waals surface area contributed by atoms with Crippen molar-refractivity contribution in [2.75, 3.05) is 14.7 Å². The van der Waals surface area contributed by atoms with Crippen molar-refractivity contribution in [3.05, 3.63) is 228 Å². The van der Waals surface area contributed by atoms with Crippen molar-refractivity contribution >= 4 is 74.3 Å². The summed E-state index contributed by atoms with van der Waals surface area (Å²) in [7, 11) is 0. The molecule has 0 fully saturated rings. The van der Waals surface area contributed by atoms with Crippen molar-refractivity contribution in [2.24, 2.45) is 0 Å². The molecule has 0 saturated carbocycles. The molecule has 0 atom stereocenters. The van der Waals surface area contributed by atoms with Crippen LogP contribution < -0.4 is 31.1 Å². The second kappa shape index (κ2) is 17.0. The summed E-state index contributed by atoms with van der Waals surface area (Å²) in [5, 5.41) is 0. The van der Waals surface area contributed by atoms with Crippen molar-refractivity contribution in [2.45, 2.75) is 105 Å². The molecule has 2 aliphatic heterocycles. The zero-order chi connectivity index (χ0) is 51.6. The Hall–Kier alpha value is -7.56. The van der Waals surface area contributed by atoms with Crippen LogP contribution in [0, 0.1) is 6.92 Å². The van der Waals surface area contributed by atoms with Crippen molar-refractivity contribution in [3.63, 3.8) is 0 Å². The van der Waals surface area contributed by atoms with Gasteiger partial charge in [-0.3, -0.25) is 0 Å². The first kappa shape index (κ1) is 47.4. The fourth-order valence-electron chi connectivity index (χ4n) is 12.3. The second-order valence-corrected chi connectivity index (χ2v) is 24.8. The number of hydrogen-bond donors (Lipinski definition) is 0. The Balaban J connectivity index is 1.17. The van der Waals surface area contributed by atoms with Gasteiger partial charge in [-0.2, -0.15) is 0 Å². The average Bonchev–Trinajstić information content (AvgIpc) is 3.60. The Morgan fingerprint density at radius 1 is 0.392 bits per heavy atom. The summed E-state index contributed by atoms with van der Waals surface area (Å²) in [6.07, 6.45) is 0. The largest absolute Gasteiger partial charge is 0.311 e. The quantitative estimate of drug-likeness (QED) is 0.154. The van der Waals surface area contributed by atoms with Gasteiger partial charge in [0, 0.05) is 56.5 Å². The summed E-state index contributed by atoms with van der Waals surface area (Å²) >= 11 is 0. The molecule has 0 spiro atoms. The first-order chi connectivity index (χ1) is 35.3. The molecular weight excluding hydrogens is 894 g/mol. The Morgan fingerprint density at radius 3 is 1.58 bits per heavy atom. The van der Waals surface area contributed by atoms with Crippen molar-refractivity contribution in [1.82, 2.24) is 0 Å². The third kappa shape index (κ3) is 7.71. The Labute approximate surface area is 441 Å². The van der Waals surface area contributed by atoms with Crippen LogP contribution in [0.25, 0.3) is 22.3 Å². The van der Waals surface area contributed by atoms with E-state index in [0.29, 0.717) is 0 Å². The van der Waals surface area contributed by atoms with Gasteiger partial charge in [-0.1, -0.05) is 191 Å². The number of rotatable bonds is 6. The van der Waals surface area contributed by atoms with Crippen LogP contribution in [-0.4, -0.2) is 6.71 Å². The van der Waals surface area contributed by atoms with E-state index in [-0.39, 0.29) is 28.4 Å². The maximum absolute atomic E-state index is 2.63. The molecular formula is C70H68BN3. The highest BCUT2D eigenvalue weighted by Gasteiger charge is 2.45. The van der Waals surface area contributed by atoms with Gasteiger partial charge in [-0.05, 0) is 168 Å². The molecule has 74 heavy (non-hydrogen) atoms. The highest BCUT2D eigenvalue weighted by atomic mass is 15.2. The third-order valence-electron chi connectivity index (χ3n) is 16.3. The zero-order valence-corrected chi connectivity index (χ0v) is 45.4. The van der Waals surface area contributed by atoms with Gasteiger partial charge >= 0.3 is 0 Å². The molecule has 9 aromatic rings. The van der Waals surface area contributed by atoms with E-state index >= 15 is 0 Å². The lowest BCUT2D eigenvalue weighted by Gasteiger charge is -2.45. The monoisotopic (exact) mass is 962 g/mol. The number of benzene rings is 9. The van der Waals surface area contributed by atoms with Crippen LogP contribution in [0.2, 0.25) is 0 Å². The molecule has 9 aromatic carbocycles. The Kier molecular flexibility index (Phi) is 10.9. The summed E-state index contributed by atoms with van der Waals surface area (Å²) in [6, 6.07) is 74.1. The number of anilines is 9. The molecule has 0 amide bonds. The lowest BCUT2D eigenvalue weighted by Crippen LogP contribution is -2.61. The van der Waals surface area contributed by atoms with E-state index in [4.69, 9.17) is 0 Å². The van der Waals surface area contributed by atoms with Crippen molar-refractivity contribution < 1.29 is 0 Å². The van der Waals surface area contributed by atoms with Crippen molar-refractivity contribution in [1.29, 1.82) is 0 Å². The molecule has 2 heterocycles. The minimum atomic E-state index is -0.146. The second-order valence-electron chi connectivity index (χ2n) is 24.8. The molecule has 4 heteroatoms. The predicted molar refractivity (Wildman–Crippen MR) is 319 cm³/mol. The number of nitrogens with zero attached hydrogens (tertiary/aromatic N) is 3. The fraction of sp³-hybridized carbons (Fsp3) is 0.229. The van der Waals surface area contributed by atoms with E-state index in [1.165, 1.54) is 100 Å². The van der Waals surface area contributed by atoms with E-state index in [2.05, 4.69) is 292 Å². The normalized spacial score (nSPS) is 14.2. The zero-order valence-electron chi connectivity index (χ0n) is 45.4. The lowest BCUT2D eigenvalue weighted by atomic mass is 9.33. The summed E-state index contributed by atoms with van der Waals surface area (Å²) in [4.78, 5) is 7.64. The van der Waals surface area contributed by atoms with Crippen LogP contribution >= 0.6 is 0 Å². The highest BCUT2D eigenvalue weighted by Crippen LogP contribution is 2.53. The molecule has 0 radical (unpaired) electrons. The van der Waals surface area contributed by atoms with Gasteiger partial charge in [0.2, 0.25) is 0 Å². The molecule has 0 N–H and O–H groups in total. The topological polar surface area (TPSA) is 9.72 Å². The van der Waals surface area contributed by atoms with Gasteiger partial charge in [-0.25, -0.2) is 0 Å². The smallest absolute Gasteiger partial charge is 0.252 e. The molecule has 3 nitrogen and oxygen atoms in total. The maximum Gasteiger partial charge on any atom is 0.252 e. The van der Waals surface area contributed by atoms with Crippen LogP contribution in [0.15, 0.2) is 194 Å². The number of hydrogen-bond acceptors (Lipinski definition) is 3. The first-order valence-corrected chi connectivity index (χ1v) is 26.7. The minimum absolute atomic E-state index is 0.0312. The van der Waals surface area contributed by atoms with Crippen LogP contribution in [0.4, 0.5) is 51.2 Å².